The summed E-state index contributed by atoms with van der Waals surface area (Å²) in [7, 11) is 0. The molecule has 0 bridgehead atoms. The van der Waals surface area contributed by atoms with Crippen LogP contribution in [0.5, 0.6) is 0 Å². The summed E-state index contributed by atoms with van der Waals surface area (Å²) in [6.07, 6.45) is 0. The Hall–Kier alpha value is -6.75. The standard InChI is InChI=1S/C54H37N/c1-33-17-19-34(20-18-33)36-23-27-43-39-11-5-6-12-40(39)44-28-24-37(35-21-25-38(55-4)26-22-35)30-51(44)54(50(43)29-36)48-16-10-8-14-42(48)46-31-49-45(32-52(46)54)41-13-7-9-15-47(41)53(49,2)3/h5-32H,1-3H3. The zero-order valence-corrected chi connectivity index (χ0v) is 31.1. The van der Waals surface area contributed by atoms with Crippen LogP contribution in [-0.2, 0) is 10.8 Å². The fraction of sp³-hybridized carbons (Fsp3) is 0.0926. The van der Waals surface area contributed by atoms with E-state index >= 15 is 0 Å². The van der Waals surface area contributed by atoms with E-state index in [9.17, 15) is 0 Å². The highest BCUT2D eigenvalue weighted by molar-refractivity contribution is 6.00. The first-order valence-electron chi connectivity index (χ1n) is 19.2. The van der Waals surface area contributed by atoms with E-state index in [0.717, 1.165) is 11.1 Å². The number of rotatable bonds is 2. The van der Waals surface area contributed by atoms with Crippen LogP contribution in [0.15, 0.2) is 170 Å². The quantitative estimate of drug-likeness (QED) is 0.158. The van der Waals surface area contributed by atoms with Gasteiger partial charge in [-0.3, -0.25) is 0 Å². The Kier molecular flexibility index (Phi) is 6.57. The van der Waals surface area contributed by atoms with E-state index in [0.29, 0.717) is 5.69 Å². The molecule has 258 valence electrons. The van der Waals surface area contributed by atoms with E-state index in [2.05, 4.69) is 183 Å². The molecule has 1 nitrogen and oxygen atoms in total. The predicted octanol–water partition coefficient (Wildman–Crippen LogP) is 14.2. The van der Waals surface area contributed by atoms with Gasteiger partial charge in [0.05, 0.1) is 12.0 Å². The number of benzene rings is 8. The Morgan fingerprint density at radius 1 is 0.364 bits per heavy atom. The van der Waals surface area contributed by atoms with Crippen molar-refractivity contribution in [2.45, 2.75) is 31.6 Å². The van der Waals surface area contributed by atoms with Gasteiger partial charge in [0.25, 0.3) is 0 Å². The predicted molar refractivity (Wildman–Crippen MR) is 228 cm³/mol. The Bertz CT molecular complexity index is 2950. The molecule has 1 heteroatoms. The third-order valence-electron chi connectivity index (χ3n) is 12.8. The molecule has 3 aliphatic rings. The average molecular weight is 700 g/mol. The molecule has 8 aromatic carbocycles. The maximum absolute atomic E-state index is 7.59. The minimum absolute atomic E-state index is 0.121. The summed E-state index contributed by atoms with van der Waals surface area (Å²) < 4.78 is 0. The second kappa shape index (κ2) is 11.4. The molecule has 0 amide bonds. The fourth-order valence-electron chi connectivity index (χ4n) is 10.2. The molecular formula is C54H37N. The summed E-state index contributed by atoms with van der Waals surface area (Å²) in [4.78, 5) is 3.69. The van der Waals surface area contributed by atoms with Gasteiger partial charge in [-0.05, 0) is 131 Å². The lowest BCUT2D eigenvalue weighted by atomic mass is 9.64. The highest BCUT2D eigenvalue weighted by Gasteiger charge is 2.51. The number of aryl methyl sites for hydroxylation is 1. The maximum atomic E-state index is 7.59. The summed E-state index contributed by atoms with van der Waals surface area (Å²) in [6.45, 7) is 14.5. The molecule has 0 aromatic heterocycles. The van der Waals surface area contributed by atoms with Crippen molar-refractivity contribution in [2.24, 2.45) is 0 Å². The normalized spacial score (nSPS) is 16.1. The van der Waals surface area contributed by atoms with E-state index in [-0.39, 0.29) is 5.41 Å². The van der Waals surface area contributed by atoms with Gasteiger partial charge >= 0.3 is 0 Å². The molecule has 0 saturated heterocycles. The molecule has 0 radical (unpaired) electrons. The number of fused-ring (bicyclic) bond motifs is 15. The summed E-state index contributed by atoms with van der Waals surface area (Å²) in [6, 6.07) is 63.6. The molecule has 0 N–H and O–H groups in total. The molecule has 3 aliphatic carbocycles. The van der Waals surface area contributed by atoms with Crippen molar-refractivity contribution in [3.63, 3.8) is 0 Å². The second-order valence-electron chi connectivity index (χ2n) is 16.0. The van der Waals surface area contributed by atoms with Crippen LogP contribution in [0.4, 0.5) is 5.69 Å². The molecule has 8 aromatic rings. The van der Waals surface area contributed by atoms with Gasteiger partial charge < -0.3 is 0 Å². The first-order chi connectivity index (χ1) is 26.9. The van der Waals surface area contributed by atoms with Gasteiger partial charge in [0, 0.05) is 5.41 Å². The summed E-state index contributed by atoms with van der Waals surface area (Å²) in [5.41, 5.74) is 24.1. The molecule has 1 spiro atoms. The van der Waals surface area contributed by atoms with Gasteiger partial charge in [0.15, 0.2) is 5.69 Å². The van der Waals surface area contributed by atoms with E-state index < -0.39 is 5.41 Å². The van der Waals surface area contributed by atoms with Crippen LogP contribution in [0.2, 0.25) is 0 Å². The Balaban J connectivity index is 1.33. The van der Waals surface area contributed by atoms with Crippen molar-refractivity contribution in [2.75, 3.05) is 0 Å². The number of hydrogen-bond donors (Lipinski definition) is 0. The number of hydrogen-bond acceptors (Lipinski definition) is 0. The summed E-state index contributed by atoms with van der Waals surface area (Å²) in [5, 5.41) is 0. The highest BCUT2D eigenvalue weighted by atomic mass is 14.6. The molecule has 0 heterocycles. The van der Waals surface area contributed by atoms with Gasteiger partial charge in [0.2, 0.25) is 0 Å². The van der Waals surface area contributed by atoms with Crippen molar-refractivity contribution in [1.82, 2.24) is 0 Å². The van der Waals surface area contributed by atoms with Crippen molar-refractivity contribution >= 4 is 5.69 Å². The van der Waals surface area contributed by atoms with Crippen molar-refractivity contribution in [3.8, 4) is 66.8 Å². The molecule has 1 unspecified atom stereocenters. The lowest BCUT2D eigenvalue weighted by Crippen LogP contribution is -2.29. The molecular weight excluding hydrogens is 663 g/mol. The van der Waals surface area contributed by atoms with Crippen LogP contribution < -0.4 is 0 Å². The first-order valence-corrected chi connectivity index (χ1v) is 19.2. The summed E-state index contributed by atoms with van der Waals surface area (Å²) >= 11 is 0. The minimum atomic E-state index is -0.639. The average Bonchev–Trinajstić information content (AvgIpc) is 3.60. The molecule has 0 fully saturated rings. The van der Waals surface area contributed by atoms with Gasteiger partial charge in [-0.1, -0.05) is 165 Å². The van der Waals surface area contributed by atoms with Crippen LogP contribution in [0.3, 0.4) is 0 Å². The third kappa shape index (κ3) is 4.29. The molecule has 55 heavy (non-hydrogen) atoms. The zero-order chi connectivity index (χ0) is 37.1. The topological polar surface area (TPSA) is 4.36 Å². The van der Waals surface area contributed by atoms with Gasteiger partial charge in [-0.25, -0.2) is 4.85 Å². The van der Waals surface area contributed by atoms with Crippen molar-refractivity contribution in [3.05, 3.63) is 220 Å². The van der Waals surface area contributed by atoms with Gasteiger partial charge in [0.1, 0.15) is 0 Å². The highest BCUT2D eigenvalue weighted by Crippen LogP contribution is 2.64. The van der Waals surface area contributed by atoms with Crippen LogP contribution in [-0.4, -0.2) is 0 Å². The van der Waals surface area contributed by atoms with E-state index in [1.54, 1.807) is 0 Å². The Labute approximate surface area is 323 Å². The smallest absolute Gasteiger partial charge is 0.187 e. The zero-order valence-electron chi connectivity index (χ0n) is 31.1. The van der Waals surface area contributed by atoms with Crippen LogP contribution in [0.1, 0.15) is 52.8 Å². The fourth-order valence-corrected chi connectivity index (χ4v) is 10.2. The Morgan fingerprint density at radius 2 is 0.782 bits per heavy atom. The molecule has 11 rings (SSSR count). The van der Waals surface area contributed by atoms with E-state index in [4.69, 9.17) is 6.57 Å². The largest absolute Gasteiger partial charge is 0.238 e. The van der Waals surface area contributed by atoms with E-state index in [1.807, 2.05) is 12.1 Å². The number of nitrogens with zero attached hydrogens (tertiary/aromatic N) is 1. The van der Waals surface area contributed by atoms with Crippen molar-refractivity contribution in [1.29, 1.82) is 0 Å². The Morgan fingerprint density at radius 3 is 1.36 bits per heavy atom. The lowest BCUT2D eigenvalue weighted by molar-refractivity contribution is 0.660. The lowest BCUT2D eigenvalue weighted by Gasteiger charge is -2.36. The van der Waals surface area contributed by atoms with Crippen molar-refractivity contribution < 1.29 is 0 Å². The summed E-state index contributed by atoms with van der Waals surface area (Å²) in [5.74, 6) is 0. The van der Waals surface area contributed by atoms with Gasteiger partial charge in [-0.2, -0.15) is 0 Å². The van der Waals surface area contributed by atoms with Crippen LogP contribution in [0.25, 0.3) is 71.6 Å². The molecule has 1 atom stereocenters. The SMILES string of the molecule is [C-]#[N+]c1ccc(-c2ccc3c(c2)C2(c4cc(-c5ccc(C)cc5)ccc4-c4ccccc4-3)c3ccccc3-c3cc4c(cc32)-c2ccccc2C4(C)C)cc1. The first kappa shape index (κ1) is 31.7. The second-order valence-corrected chi connectivity index (χ2v) is 16.0. The third-order valence-corrected chi connectivity index (χ3v) is 12.8. The van der Waals surface area contributed by atoms with E-state index in [1.165, 1.54) is 94.6 Å². The molecule has 0 saturated carbocycles. The molecule has 0 aliphatic heterocycles. The monoisotopic (exact) mass is 699 g/mol. The van der Waals surface area contributed by atoms with Gasteiger partial charge in [-0.15, -0.1) is 0 Å². The van der Waals surface area contributed by atoms with Crippen LogP contribution in [0, 0.1) is 13.5 Å². The minimum Gasteiger partial charge on any atom is -0.238 e. The van der Waals surface area contributed by atoms with Crippen LogP contribution >= 0.6 is 0 Å². The maximum Gasteiger partial charge on any atom is 0.187 e.